The van der Waals surface area contributed by atoms with Crippen molar-refractivity contribution >= 4 is 23.6 Å². The number of hydrogen-bond donors (Lipinski definition) is 0. The van der Waals surface area contributed by atoms with Crippen molar-refractivity contribution in [3.63, 3.8) is 0 Å². The van der Waals surface area contributed by atoms with Crippen molar-refractivity contribution in [2.45, 2.75) is 32.6 Å². The molecule has 0 aliphatic carbocycles. The Morgan fingerprint density at radius 1 is 1.12 bits per heavy atom. The Balaban J connectivity index is 1.72. The average molecular weight is 429 g/mol. The molecule has 1 aromatic carbocycles. The van der Waals surface area contributed by atoms with Gasteiger partial charge in [0.15, 0.2) is 0 Å². The lowest BCUT2D eigenvalue weighted by molar-refractivity contribution is 0.220. The maximum atomic E-state index is 15.2. The van der Waals surface area contributed by atoms with Crippen LogP contribution in [0.1, 0.15) is 36.9 Å². The number of nitrogens with zero attached hydrogens (tertiary/aromatic N) is 4. The monoisotopic (exact) mass is 428 g/mol. The molecule has 1 aliphatic rings. The van der Waals surface area contributed by atoms with Crippen LogP contribution < -0.4 is 10.6 Å². The van der Waals surface area contributed by atoms with E-state index in [-0.39, 0.29) is 5.82 Å². The normalized spacial score (nSPS) is 16.3. The first-order chi connectivity index (χ1) is 15.5. The van der Waals surface area contributed by atoms with E-state index in [1.54, 1.807) is 12.1 Å². The number of piperidine rings is 1. The summed E-state index contributed by atoms with van der Waals surface area (Å²) in [7, 11) is 0. The summed E-state index contributed by atoms with van der Waals surface area (Å²) in [5.74, 6) is 0.0410. The zero-order valence-corrected chi connectivity index (χ0v) is 18.8. The smallest absolute Gasteiger partial charge is 0.133 e. The molecule has 164 valence electrons. The molecule has 0 atom stereocenters. The van der Waals surface area contributed by atoms with Crippen molar-refractivity contribution < 1.29 is 4.39 Å². The molecule has 0 N–H and O–H groups in total. The minimum absolute atomic E-state index is 0.296. The summed E-state index contributed by atoms with van der Waals surface area (Å²) in [5, 5.41) is 11.0. The number of benzene rings is 1. The molecule has 0 radical (unpaired) electrons. The number of halogens is 1. The van der Waals surface area contributed by atoms with Gasteiger partial charge in [-0.2, -0.15) is 10.2 Å². The zero-order valence-electron chi connectivity index (χ0n) is 18.8. The van der Waals surface area contributed by atoms with E-state index in [1.807, 2.05) is 43.4 Å². The van der Waals surface area contributed by atoms with Crippen LogP contribution in [0.15, 0.2) is 49.1 Å². The molecular formula is C27H29FN4. The molecule has 2 aromatic heterocycles. The van der Waals surface area contributed by atoms with Crippen molar-refractivity contribution in [3.8, 4) is 11.3 Å². The summed E-state index contributed by atoms with van der Waals surface area (Å²) in [6, 6.07) is 7.22. The first-order valence-corrected chi connectivity index (χ1v) is 11.2. The molecule has 1 fully saturated rings. The van der Waals surface area contributed by atoms with Gasteiger partial charge < -0.3 is 4.90 Å². The van der Waals surface area contributed by atoms with Gasteiger partial charge in [-0.15, -0.1) is 0 Å². The largest absolute Gasteiger partial charge is 0.304 e. The summed E-state index contributed by atoms with van der Waals surface area (Å²) in [6.45, 7) is 15.1. The topological polar surface area (TPSA) is 41.9 Å². The number of allylic oxidation sites excluding steroid dienone is 3. The van der Waals surface area contributed by atoms with Crippen molar-refractivity contribution in [2.24, 2.45) is 0 Å². The third-order valence-corrected chi connectivity index (χ3v) is 6.30. The molecular weight excluding hydrogens is 399 g/mol. The number of hydrogen-bond acceptors (Lipinski definition) is 4. The highest BCUT2D eigenvalue weighted by Crippen LogP contribution is 2.30. The van der Waals surface area contributed by atoms with Crippen LogP contribution in [0.4, 0.5) is 4.39 Å². The molecule has 0 spiro atoms. The van der Waals surface area contributed by atoms with E-state index >= 15 is 4.39 Å². The SMILES string of the molecule is C=C/C=C/C=c1/nc(-c2cc(F)c3cc(C4CCN(CC)CC4)nnc3c2)cc(C)c1=C. The minimum Gasteiger partial charge on any atom is -0.304 e. The first kappa shape index (κ1) is 22.0. The van der Waals surface area contributed by atoms with Gasteiger partial charge in [0.1, 0.15) is 5.82 Å². The van der Waals surface area contributed by atoms with Crippen LogP contribution >= 0.6 is 0 Å². The van der Waals surface area contributed by atoms with E-state index in [4.69, 9.17) is 4.98 Å². The van der Waals surface area contributed by atoms with Gasteiger partial charge >= 0.3 is 0 Å². The van der Waals surface area contributed by atoms with Crippen LogP contribution in [0.25, 0.3) is 34.8 Å². The summed E-state index contributed by atoms with van der Waals surface area (Å²) in [4.78, 5) is 7.14. The Hall–Kier alpha value is -3.18. The van der Waals surface area contributed by atoms with Crippen LogP contribution in [0.2, 0.25) is 0 Å². The summed E-state index contributed by atoms with van der Waals surface area (Å²) >= 11 is 0. The summed E-state index contributed by atoms with van der Waals surface area (Å²) in [5.41, 5.74) is 3.80. The summed E-state index contributed by atoms with van der Waals surface area (Å²) in [6.07, 6.45) is 9.36. The Bertz CT molecular complexity index is 1290. The van der Waals surface area contributed by atoms with E-state index < -0.39 is 0 Å². The van der Waals surface area contributed by atoms with Gasteiger partial charge in [-0.1, -0.05) is 38.3 Å². The lowest BCUT2D eigenvalue weighted by Crippen LogP contribution is -2.32. The maximum Gasteiger partial charge on any atom is 0.133 e. The number of likely N-dealkylation sites (tertiary alicyclic amines) is 1. The van der Waals surface area contributed by atoms with Crippen LogP contribution in [0.3, 0.4) is 0 Å². The fourth-order valence-electron chi connectivity index (χ4n) is 4.24. The second-order valence-corrected chi connectivity index (χ2v) is 8.34. The van der Waals surface area contributed by atoms with Crippen molar-refractivity contribution in [1.82, 2.24) is 20.1 Å². The molecule has 4 nitrogen and oxygen atoms in total. The predicted molar refractivity (Wildman–Crippen MR) is 130 cm³/mol. The zero-order chi connectivity index (χ0) is 22.7. The van der Waals surface area contributed by atoms with Crippen LogP contribution in [-0.4, -0.2) is 39.7 Å². The molecule has 3 aromatic rings. The second-order valence-electron chi connectivity index (χ2n) is 8.34. The molecule has 0 bridgehead atoms. The molecule has 1 aliphatic heterocycles. The Labute approximate surface area is 188 Å². The van der Waals surface area contributed by atoms with E-state index in [2.05, 4.69) is 35.2 Å². The lowest BCUT2D eigenvalue weighted by Gasteiger charge is -2.30. The molecule has 3 heterocycles. The molecule has 5 heteroatoms. The average Bonchev–Trinajstić information content (AvgIpc) is 2.81. The van der Waals surface area contributed by atoms with Gasteiger partial charge in [-0.3, -0.25) is 0 Å². The number of pyridine rings is 1. The third-order valence-electron chi connectivity index (χ3n) is 6.30. The van der Waals surface area contributed by atoms with Gasteiger partial charge in [-0.05, 0) is 80.5 Å². The predicted octanol–water partition coefficient (Wildman–Crippen LogP) is 4.27. The number of aromatic nitrogens is 3. The second kappa shape index (κ2) is 9.53. The fourth-order valence-corrected chi connectivity index (χ4v) is 4.24. The first-order valence-electron chi connectivity index (χ1n) is 11.2. The molecule has 0 amide bonds. The lowest BCUT2D eigenvalue weighted by atomic mass is 9.92. The van der Waals surface area contributed by atoms with Crippen molar-refractivity contribution in [3.05, 3.63) is 76.7 Å². The Kier molecular flexibility index (Phi) is 6.56. The molecule has 0 saturated carbocycles. The van der Waals surface area contributed by atoms with E-state index in [0.717, 1.165) is 54.3 Å². The highest BCUT2D eigenvalue weighted by Gasteiger charge is 2.22. The molecule has 32 heavy (non-hydrogen) atoms. The van der Waals surface area contributed by atoms with E-state index in [1.165, 1.54) is 0 Å². The van der Waals surface area contributed by atoms with Gasteiger partial charge in [-0.25, -0.2) is 9.37 Å². The third kappa shape index (κ3) is 4.53. The van der Waals surface area contributed by atoms with E-state index in [0.29, 0.717) is 28.1 Å². The number of fused-ring (bicyclic) bond motifs is 1. The van der Waals surface area contributed by atoms with Gasteiger partial charge in [0.2, 0.25) is 0 Å². The van der Waals surface area contributed by atoms with Crippen molar-refractivity contribution in [1.29, 1.82) is 0 Å². The van der Waals surface area contributed by atoms with Crippen LogP contribution in [-0.2, 0) is 0 Å². The van der Waals surface area contributed by atoms with Crippen molar-refractivity contribution in [2.75, 3.05) is 19.6 Å². The van der Waals surface area contributed by atoms with E-state index in [9.17, 15) is 0 Å². The Morgan fingerprint density at radius 2 is 1.91 bits per heavy atom. The standard InChI is InChI=1S/C27H29FN4/c1-5-7-8-9-24-19(4)18(3)14-25(29-24)21-15-23(28)22-17-26(30-31-27(22)16-21)20-10-12-32(6-2)13-11-20/h5,7-9,14-17,20H,1,4,6,10-13H2,2-3H3/b8-7+,24-9+. The summed E-state index contributed by atoms with van der Waals surface area (Å²) < 4.78 is 15.2. The number of aryl methyl sites for hydroxylation is 1. The maximum absolute atomic E-state index is 15.2. The minimum atomic E-state index is -0.296. The van der Waals surface area contributed by atoms with Gasteiger partial charge in [0.05, 0.1) is 22.3 Å². The molecule has 4 rings (SSSR count). The quantitative estimate of drug-likeness (QED) is 0.569. The molecule has 0 unspecified atom stereocenters. The van der Waals surface area contributed by atoms with Gasteiger partial charge in [0.25, 0.3) is 0 Å². The van der Waals surface area contributed by atoms with Crippen LogP contribution in [0.5, 0.6) is 0 Å². The molecule has 1 saturated heterocycles. The highest BCUT2D eigenvalue weighted by molar-refractivity contribution is 5.84. The highest BCUT2D eigenvalue weighted by atomic mass is 19.1. The Morgan fingerprint density at radius 3 is 2.62 bits per heavy atom. The fraction of sp³-hybridized carbons (Fsp3) is 0.296. The van der Waals surface area contributed by atoms with Crippen LogP contribution in [0, 0.1) is 12.7 Å². The number of rotatable bonds is 5. The van der Waals surface area contributed by atoms with Gasteiger partial charge in [0, 0.05) is 16.9 Å².